The first-order valence-electron chi connectivity index (χ1n) is 6.24. The van der Waals surface area contributed by atoms with E-state index in [0.717, 1.165) is 28.4 Å². The van der Waals surface area contributed by atoms with E-state index in [1.165, 1.54) is 0 Å². The summed E-state index contributed by atoms with van der Waals surface area (Å²) >= 11 is 0. The molecule has 19 heavy (non-hydrogen) atoms. The fourth-order valence-electron chi connectivity index (χ4n) is 2.34. The Balaban J connectivity index is 1.88. The Hall–Kier alpha value is -2.49. The van der Waals surface area contributed by atoms with Gasteiger partial charge in [0.1, 0.15) is 19.0 Å². The van der Waals surface area contributed by atoms with Crippen LogP contribution in [0, 0.1) is 0 Å². The summed E-state index contributed by atoms with van der Waals surface area (Å²) in [6.07, 6.45) is 3.88. The lowest BCUT2D eigenvalue weighted by Gasteiger charge is -2.18. The van der Waals surface area contributed by atoms with Crippen molar-refractivity contribution in [2.45, 2.75) is 0 Å². The first kappa shape index (κ1) is 10.4. The van der Waals surface area contributed by atoms with E-state index < -0.39 is 0 Å². The molecule has 0 aliphatic carbocycles. The molecule has 4 rings (SSSR count). The van der Waals surface area contributed by atoms with Gasteiger partial charge in [-0.05, 0) is 30.3 Å². The molecule has 0 N–H and O–H groups in total. The van der Waals surface area contributed by atoms with E-state index in [9.17, 15) is 0 Å². The van der Waals surface area contributed by atoms with Crippen LogP contribution in [0.5, 0.6) is 11.5 Å². The monoisotopic (exact) mass is 252 g/mol. The number of rotatable bonds is 1. The molecule has 0 bridgehead atoms. The molecular formula is C15H12N2O2. The number of aromatic nitrogens is 2. The fraction of sp³-hybridized carbons (Fsp3) is 0.133. The second-order valence-corrected chi connectivity index (χ2v) is 4.44. The van der Waals surface area contributed by atoms with Crippen molar-refractivity contribution < 1.29 is 9.47 Å². The third-order valence-corrected chi connectivity index (χ3v) is 3.24. The lowest BCUT2D eigenvalue weighted by Crippen LogP contribution is -2.15. The summed E-state index contributed by atoms with van der Waals surface area (Å²) < 4.78 is 13.2. The minimum atomic E-state index is 0.596. The number of pyridine rings is 1. The molecule has 0 radical (unpaired) electrons. The van der Waals surface area contributed by atoms with E-state index in [0.29, 0.717) is 13.2 Å². The lowest BCUT2D eigenvalue weighted by atomic mass is 10.2. The second kappa shape index (κ2) is 4.02. The number of nitrogens with zero attached hydrogens (tertiary/aromatic N) is 2. The molecule has 0 saturated carbocycles. The van der Waals surface area contributed by atoms with Crippen LogP contribution in [0.4, 0.5) is 0 Å². The molecule has 2 aromatic heterocycles. The van der Waals surface area contributed by atoms with Crippen molar-refractivity contribution in [2.75, 3.05) is 13.2 Å². The van der Waals surface area contributed by atoms with Gasteiger partial charge in [-0.15, -0.1) is 0 Å². The molecule has 0 unspecified atom stereocenters. The Bertz CT molecular complexity index is 749. The van der Waals surface area contributed by atoms with Crippen LogP contribution in [0.15, 0.2) is 48.8 Å². The van der Waals surface area contributed by atoms with Crippen LogP contribution in [-0.2, 0) is 0 Å². The van der Waals surface area contributed by atoms with Crippen molar-refractivity contribution in [3.63, 3.8) is 0 Å². The third-order valence-electron chi connectivity index (χ3n) is 3.24. The van der Waals surface area contributed by atoms with Gasteiger partial charge in [-0.2, -0.15) is 0 Å². The summed E-state index contributed by atoms with van der Waals surface area (Å²) in [6.45, 7) is 1.21. The summed E-state index contributed by atoms with van der Waals surface area (Å²) in [5.41, 5.74) is 2.10. The van der Waals surface area contributed by atoms with Crippen molar-refractivity contribution in [1.82, 2.24) is 9.38 Å². The minimum Gasteiger partial charge on any atom is -0.486 e. The van der Waals surface area contributed by atoms with Crippen molar-refractivity contribution in [1.29, 1.82) is 0 Å². The van der Waals surface area contributed by atoms with E-state index in [4.69, 9.17) is 9.47 Å². The van der Waals surface area contributed by atoms with Crippen LogP contribution in [0.2, 0.25) is 0 Å². The van der Waals surface area contributed by atoms with Gasteiger partial charge in [0, 0.05) is 11.8 Å². The molecule has 1 aliphatic heterocycles. The topological polar surface area (TPSA) is 35.8 Å². The molecule has 1 aliphatic rings. The van der Waals surface area contributed by atoms with Gasteiger partial charge < -0.3 is 9.47 Å². The molecule has 3 aromatic rings. The number of hydrogen-bond donors (Lipinski definition) is 0. The van der Waals surface area contributed by atoms with Gasteiger partial charge in [-0.3, -0.25) is 4.40 Å². The third kappa shape index (κ3) is 1.64. The maximum Gasteiger partial charge on any atom is 0.162 e. The normalized spacial score (nSPS) is 13.7. The van der Waals surface area contributed by atoms with Crippen molar-refractivity contribution in [3.05, 3.63) is 48.8 Å². The standard InChI is InChI=1S/C15H12N2O2/c1-2-6-17-12(3-1)10-16-15(17)11-4-5-13-14(9-11)19-8-7-18-13/h1-6,9-10H,7-8H2. The predicted molar refractivity (Wildman–Crippen MR) is 71.6 cm³/mol. The Labute approximate surface area is 110 Å². The zero-order valence-electron chi connectivity index (χ0n) is 10.2. The summed E-state index contributed by atoms with van der Waals surface area (Å²) in [6, 6.07) is 12.0. The van der Waals surface area contributed by atoms with Crippen molar-refractivity contribution >= 4 is 5.52 Å². The maximum atomic E-state index is 5.61. The Morgan fingerprint density at radius 3 is 2.84 bits per heavy atom. The molecule has 0 amide bonds. The first-order valence-corrected chi connectivity index (χ1v) is 6.24. The zero-order valence-corrected chi connectivity index (χ0v) is 10.2. The lowest BCUT2D eigenvalue weighted by molar-refractivity contribution is 0.171. The van der Waals surface area contributed by atoms with E-state index in [-0.39, 0.29) is 0 Å². The summed E-state index contributed by atoms with van der Waals surface area (Å²) in [7, 11) is 0. The second-order valence-electron chi connectivity index (χ2n) is 4.44. The van der Waals surface area contributed by atoms with Crippen LogP contribution >= 0.6 is 0 Å². The number of fused-ring (bicyclic) bond motifs is 2. The van der Waals surface area contributed by atoms with Crippen LogP contribution in [0.25, 0.3) is 16.9 Å². The molecule has 4 heteroatoms. The molecule has 0 saturated heterocycles. The number of hydrogen-bond acceptors (Lipinski definition) is 3. The van der Waals surface area contributed by atoms with Gasteiger partial charge in [0.25, 0.3) is 0 Å². The molecule has 0 atom stereocenters. The Morgan fingerprint density at radius 2 is 1.89 bits per heavy atom. The molecule has 94 valence electrons. The van der Waals surface area contributed by atoms with Gasteiger partial charge in [0.15, 0.2) is 11.5 Å². The quantitative estimate of drug-likeness (QED) is 0.668. The van der Waals surface area contributed by atoms with Crippen molar-refractivity contribution in [2.24, 2.45) is 0 Å². The highest BCUT2D eigenvalue weighted by Gasteiger charge is 2.14. The van der Waals surface area contributed by atoms with E-state index in [1.54, 1.807) is 0 Å². The van der Waals surface area contributed by atoms with Crippen molar-refractivity contribution in [3.8, 4) is 22.9 Å². The highest BCUT2D eigenvalue weighted by molar-refractivity contribution is 5.65. The van der Waals surface area contributed by atoms with E-state index in [1.807, 2.05) is 48.8 Å². The molecule has 3 heterocycles. The van der Waals surface area contributed by atoms with Crippen LogP contribution in [-0.4, -0.2) is 22.6 Å². The molecule has 0 fully saturated rings. The maximum absolute atomic E-state index is 5.61. The van der Waals surface area contributed by atoms with E-state index >= 15 is 0 Å². The Kier molecular flexibility index (Phi) is 2.21. The molecule has 4 nitrogen and oxygen atoms in total. The van der Waals surface area contributed by atoms with Gasteiger partial charge >= 0.3 is 0 Å². The fourth-order valence-corrected chi connectivity index (χ4v) is 2.34. The van der Waals surface area contributed by atoms with Gasteiger partial charge in [0.2, 0.25) is 0 Å². The van der Waals surface area contributed by atoms with Crippen LogP contribution in [0.3, 0.4) is 0 Å². The summed E-state index contributed by atoms with van der Waals surface area (Å²) in [5.74, 6) is 2.50. The summed E-state index contributed by atoms with van der Waals surface area (Å²) in [5, 5.41) is 0. The predicted octanol–water partition coefficient (Wildman–Crippen LogP) is 2.77. The van der Waals surface area contributed by atoms with E-state index in [2.05, 4.69) is 9.38 Å². The highest BCUT2D eigenvalue weighted by Crippen LogP contribution is 2.34. The SMILES string of the molecule is c1ccn2c(-c3ccc4c(c3)OCCO4)ncc2c1. The average molecular weight is 252 g/mol. The van der Waals surface area contributed by atoms with Crippen LogP contribution < -0.4 is 9.47 Å². The molecular weight excluding hydrogens is 240 g/mol. The first-order chi connectivity index (χ1) is 9.42. The number of imidazole rings is 1. The molecule has 0 spiro atoms. The van der Waals surface area contributed by atoms with Gasteiger partial charge in [-0.1, -0.05) is 6.07 Å². The van der Waals surface area contributed by atoms with Gasteiger partial charge in [0.05, 0.1) is 11.7 Å². The van der Waals surface area contributed by atoms with Gasteiger partial charge in [-0.25, -0.2) is 4.98 Å². The zero-order chi connectivity index (χ0) is 12.7. The molecule has 1 aromatic carbocycles. The smallest absolute Gasteiger partial charge is 0.162 e. The minimum absolute atomic E-state index is 0.596. The Morgan fingerprint density at radius 1 is 1.00 bits per heavy atom. The average Bonchev–Trinajstić information content (AvgIpc) is 2.91. The number of benzene rings is 1. The van der Waals surface area contributed by atoms with Crippen LogP contribution in [0.1, 0.15) is 0 Å². The summed E-state index contributed by atoms with van der Waals surface area (Å²) in [4.78, 5) is 4.48. The highest BCUT2D eigenvalue weighted by atomic mass is 16.6. The number of ether oxygens (including phenoxy) is 2. The largest absolute Gasteiger partial charge is 0.486 e.